The van der Waals surface area contributed by atoms with Crippen LogP contribution < -0.4 is 5.73 Å². The van der Waals surface area contributed by atoms with Crippen molar-refractivity contribution < 1.29 is 9.59 Å². The van der Waals surface area contributed by atoms with Crippen LogP contribution in [0, 0.1) is 12.8 Å². The Bertz CT molecular complexity index is 1110. The molecular weight excluding hydrogens is 416 g/mol. The van der Waals surface area contributed by atoms with Gasteiger partial charge in [0.15, 0.2) is 5.78 Å². The summed E-state index contributed by atoms with van der Waals surface area (Å²) >= 11 is 0. The fourth-order valence-electron chi connectivity index (χ4n) is 4.19. The summed E-state index contributed by atoms with van der Waals surface area (Å²) in [7, 11) is 1.99. The first-order valence-electron chi connectivity index (χ1n) is 11.2. The third kappa shape index (κ3) is 5.28. The number of rotatable bonds is 8. The summed E-state index contributed by atoms with van der Waals surface area (Å²) in [4.78, 5) is 33.9. The van der Waals surface area contributed by atoms with Gasteiger partial charge in [-0.1, -0.05) is 23.8 Å². The third-order valence-corrected chi connectivity index (χ3v) is 6.14. The van der Waals surface area contributed by atoms with Crippen LogP contribution in [0.5, 0.6) is 0 Å². The molecule has 1 fully saturated rings. The van der Waals surface area contributed by atoms with Gasteiger partial charge >= 0.3 is 0 Å². The van der Waals surface area contributed by atoms with Gasteiger partial charge in [-0.2, -0.15) is 5.10 Å². The highest BCUT2D eigenvalue weighted by Gasteiger charge is 2.33. The van der Waals surface area contributed by atoms with Crippen molar-refractivity contribution in [2.24, 2.45) is 5.92 Å². The molecule has 0 spiro atoms. The van der Waals surface area contributed by atoms with E-state index in [1.807, 2.05) is 56.6 Å². The van der Waals surface area contributed by atoms with Gasteiger partial charge in [-0.05, 0) is 44.2 Å². The van der Waals surface area contributed by atoms with E-state index in [1.54, 1.807) is 15.8 Å². The van der Waals surface area contributed by atoms with Crippen molar-refractivity contribution in [1.29, 1.82) is 0 Å². The van der Waals surface area contributed by atoms with Crippen LogP contribution in [0.3, 0.4) is 0 Å². The van der Waals surface area contributed by atoms with E-state index in [9.17, 15) is 9.59 Å². The van der Waals surface area contributed by atoms with E-state index in [0.717, 1.165) is 23.4 Å². The van der Waals surface area contributed by atoms with Crippen LogP contribution in [0.2, 0.25) is 0 Å². The minimum Gasteiger partial charge on any atom is -0.383 e. The lowest BCUT2D eigenvalue weighted by atomic mass is 9.98. The SMILES string of the molecule is Cc1ccc(-n2ncc(C(=O)[C@@H]3CCN(C(=O)CCN(C)Cc4cccnc4)C3)c2N)cc1. The van der Waals surface area contributed by atoms with E-state index < -0.39 is 0 Å². The highest BCUT2D eigenvalue weighted by atomic mass is 16.2. The van der Waals surface area contributed by atoms with E-state index in [1.165, 1.54) is 6.20 Å². The Morgan fingerprint density at radius 2 is 1.97 bits per heavy atom. The number of anilines is 1. The predicted molar refractivity (Wildman–Crippen MR) is 127 cm³/mol. The Balaban J connectivity index is 1.31. The van der Waals surface area contributed by atoms with Crippen LogP contribution in [0.15, 0.2) is 55.0 Å². The molecule has 1 aromatic carbocycles. The molecule has 3 heterocycles. The van der Waals surface area contributed by atoms with Gasteiger partial charge < -0.3 is 15.5 Å². The average molecular weight is 447 g/mol. The molecule has 3 aromatic rings. The Morgan fingerprint density at radius 1 is 1.18 bits per heavy atom. The molecule has 1 saturated heterocycles. The zero-order chi connectivity index (χ0) is 23.4. The number of aromatic nitrogens is 3. The molecule has 33 heavy (non-hydrogen) atoms. The maximum absolute atomic E-state index is 13.1. The topological polar surface area (TPSA) is 97.4 Å². The largest absolute Gasteiger partial charge is 0.383 e. The van der Waals surface area contributed by atoms with Crippen molar-refractivity contribution in [3.05, 3.63) is 71.7 Å². The van der Waals surface area contributed by atoms with E-state index in [4.69, 9.17) is 5.73 Å². The van der Waals surface area contributed by atoms with E-state index in [0.29, 0.717) is 43.9 Å². The first-order valence-corrected chi connectivity index (χ1v) is 11.2. The number of likely N-dealkylation sites (tertiary alicyclic amines) is 1. The van der Waals surface area contributed by atoms with Gasteiger partial charge in [0.1, 0.15) is 5.82 Å². The number of ketones is 1. The fourth-order valence-corrected chi connectivity index (χ4v) is 4.19. The first-order chi connectivity index (χ1) is 15.9. The quantitative estimate of drug-likeness (QED) is 0.535. The lowest BCUT2D eigenvalue weighted by molar-refractivity contribution is -0.130. The highest BCUT2D eigenvalue weighted by Crippen LogP contribution is 2.26. The fraction of sp³-hybridized carbons (Fsp3) is 0.360. The number of hydrogen-bond acceptors (Lipinski definition) is 6. The molecule has 0 unspecified atom stereocenters. The van der Waals surface area contributed by atoms with Gasteiger partial charge in [-0.3, -0.25) is 14.6 Å². The van der Waals surface area contributed by atoms with Crippen molar-refractivity contribution >= 4 is 17.5 Å². The number of amides is 1. The van der Waals surface area contributed by atoms with Crippen LogP contribution >= 0.6 is 0 Å². The number of carbonyl (C=O) groups excluding carboxylic acids is 2. The van der Waals surface area contributed by atoms with E-state index in [2.05, 4.69) is 15.0 Å². The number of pyridine rings is 1. The number of nitrogens with two attached hydrogens (primary N) is 1. The number of aryl methyl sites for hydroxylation is 1. The van der Waals surface area contributed by atoms with Crippen LogP contribution in [0.25, 0.3) is 5.69 Å². The molecule has 8 heteroatoms. The molecule has 1 aliphatic heterocycles. The number of hydrogen-bond donors (Lipinski definition) is 1. The van der Waals surface area contributed by atoms with Gasteiger partial charge in [-0.25, -0.2) is 4.68 Å². The Hall–Kier alpha value is -3.52. The molecule has 4 rings (SSSR count). The molecule has 1 aliphatic rings. The Morgan fingerprint density at radius 3 is 2.70 bits per heavy atom. The highest BCUT2D eigenvalue weighted by molar-refractivity contribution is 6.02. The predicted octanol–water partition coefficient (Wildman–Crippen LogP) is 2.71. The molecule has 2 aromatic heterocycles. The summed E-state index contributed by atoms with van der Waals surface area (Å²) in [5.74, 6) is 0.118. The molecule has 1 amide bonds. The second-order valence-corrected chi connectivity index (χ2v) is 8.73. The molecule has 0 radical (unpaired) electrons. The molecule has 2 N–H and O–H groups in total. The summed E-state index contributed by atoms with van der Waals surface area (Å²) in [5, 5.41) is 4.33. The lowest BCUT2D eigenvalue weighted by Gasteiger charge is -2.20. The second kappa shape index (κ2) is 9.95. The van der Waals surface area contributed by atoms with Crippen LogP contribution in [-0.4, -0.2) is 62.9 Å². The standard InChI is InChI=1S/C25H30N6O2/c1-18-5-7-21(8-6-18)31-25(26)22(15-28-31)24(33)20-9-13-30(17-20)23(32)10-12-29(2)16-19-4-3-11-27-14-19/h3-8,11,14-15,20H,9-10,12-13,16-17,26H2,1-2H3/t20-/m1/s1. The lowest BCUT2D eigenvalue weighted by Crippen LogP contribution is -2.32. The number of Topliss-reactive ketones (excluding diaryl/α,β-unsaturated/α-hetero) is 1. The monoisotopic (exact) mass is 446 g/mol. The summed E-state index contributed by atoms with van der Waals surface area (Å²) in [5.41, 5.74) is 9.76. The summed E-state index contributed by atoms with van der Waals surface area (Å²) in [6, 6.07) is 11.7. The van der Waals surface area contributed by atoms with E-state index in [-0.39, 0.29) is 17.6 Å². The summed E-state index contributed by atoms with van der Waals surface area (Å²) in [6.07, 6.45) is 6.19. The number of nitrogen functional groups attached to an aromatic ring is 1. The average Bonchev–Trinajstić information content (AvgIpc) is 3.46. The van der Waals surface area contributed by atoms with Crippen molar-refractivity contribution in [2.45, 2.75) is 26.3 Å². The minimum absolute atomic E-state index is 0.0464. The maximum Gasteiger partial charge on any atom is 0.223 e. The molecule has 0 saturated carbocycles. The molecule has 8 nitrogen and oxygen atoms in total. The zero-order valence-corrected chi connectivity index (χ0v) is 19.1. The van der Waals surface area contributed by atoms with E-state index >= 15 is 0 Å². The third-order valence-electron chi connectivity index (χ3n) is 6.14. The van der Waals surface area contributed by atoms with Crippen LogP contribution in [-0.2, 0) is 11.3 Å². The molecule has 172 valence electrons. The summed E-state index contributed by atoms with van der Waals surface area (Å²) in [6.45, 7) is 4.43. The molecule has 1 atom stereocenters. The van der Waals surface area contributed by atoms with Gasteiger partial charge in [0, 0.05) is 50.9 Å². The zero-order valence-electron chi connectivity index (χ0n) is 19.1. The van der Waals surface area contributed by atoms with Crippen molar-refractivity contribution in [2.75, 3.05) is 32.4 Å². The Kier molecular flexibility index (Phi) is 6.84. The summed E-state index contributed by atoms with van der Waals surface area (Å²) < 4.78 is 1.59. The molecule has 0 aliphatic carbocycles. The maximum atomic E-state index is 13.1. The normalized spacial score (nSPS) is 15.8. The first kappa shape index (κ1) is 22.7. The van der Waals surface area contributed by atoms with Crippen LogP contribution in [0.4, 0.5) is 5.82 Å². The van der Waals surface area contributed by atoms with Gasteiger partial charge in [-0.15, -0.1) is 0 Å². The van der Waals surface area contributed by atoms with Gasteiger partial charge in [0.25, 0.3) is 0 Å². The van der Waals surface area contributed by atoms with Crippen molar-refractivity contribution in [3.63, 3.8) is 0 Å². The number of nitrogens with zero attached hydrogens (tertiary/aromatic N) is 5. The molecular formula is C25H30N6O2. The number of benzene rings is 1. The van der Waals surface area contributed by atoms with Crippen molar-refractivity contribution in [1.82, 2.24) is 24.6 Å². The Labute approximate surface area is 194 Å². The minimum atomic E-state index is -0.250. The number of carbonyl (C=O) groups is 2. The molecule has 0 bridgehead atoms. The second-order valence-electron chi connectivity index (χ2n) is 8.73. The van der Waals surface area contributed by atoms with Crippen LogP contribution in [0.1, 0.15) is 34.3 Å². The van der Waals surface area contributed by atoms with Crippen molar-refractivity contribution in [3.8, 4) is 5.69 Å². The van der Waals surface area contributed by atoms with Gasteiger partial charge in [0.2, 0.25) is 5.91 Å². The van der Waals surface area contributed by atoms with Gasteiger partial charge in [0.05, 0.1) is 17.4 Å². The smallest absolute Gasteiger partial charge is 0.223 e.